The van der Waals surface area contributed by atoms with Gasteiger partial charge in [-0.1, -0.05) is 23.2 Å². The van der Waals surface area contributed by atoms with E-state index in [1.165, 1.54) is 36.1 Å². The van der Waals surface area contributed by atoms with Crippen LogP contribution >= 0.6 is 34.7 Å². The molecule has 0 saturated carbocycles. The van der Waals surface area contributed by atoms with Crippen molar-refractivity contribution in [3.63, 3.8) is 0 Å². The molecule has 1 aromatic heterocycles. The van der Waals surface area contributed by atoms with Crippen LogP contribution in [0.1, 0.15) is 37.1 Å². The fourth-order valence-electron chi connectivity index (χ4n) is 2.58. The molecule has 144 valence electrons. The first-order chi connectivity index (χ1) is 12.0. The molecule has 0 atom stereocenters. The molecule has 0 amide bonds. The zero-order chi connectivity index (χ0) is 19.5. The normalized spacial score (nSPS) is 13.9. The lowest BCUT2D eigenvalue weighted by molar-refractivity contribution is -2.00. The third-order valence-electron chi connectivity index (χ3n) is 3.54. The monoisotopic (exact) mass is 441 g/mol. The van der Waals surface area contributed by atoms with Gasteiger partial charge in [-0.25, -0.2) is 18.6 Å². The smallest absolute Gasteiger partial charge is 0.245 e. The van der Waals surface area contributed by atoms with Gasteiger partial charge in [-0.05, 0) is 39.5 Å². The topological polar surface area (TPSA) is 105 Å². The van der Waals surface area contributed by atoms with Crippen molar-refractivity contribution in [1.29, 1.82) is 0 Å². The van der Waals surface area contributed by atoms with Crippen molar-refractivity contribution in [2.75, 3.05) is 0 Å². The highest BCUT2D eigenvalue weighted by molar-refractivity contribution is 7.02. The summed E-state index contributed by atoms with van der Waals surface area (Å²) in [7, 11) is -4.94. The van der Waals surface area contributed by atoms with Crippen LogP contribution in [0.15, 0.2) is 18.3 Å². The van der Waals surface area contributed by atoms with Crippen molar-refractivity contribution in [1.82, 2.24) is 0 Å². The lowest BCUT2D eigenvalue weighted by Crippen LogP contribution is -2.68. The Morgan fingerprint density at radius 1 is 1.08 bits per heavy atom. The Morgan fingerprint density at radius 2 is 1.69 bits per heavy atom. The molecule has 10 heteroatoms. The number of benzene rings is 1. The molecule has 0 unspecified atom stereocenters. The van der Waals surface area contributed by atoms with Crippen LogP contribution in [-0.4, -0.2) is 6.10 Å². The first kappa shape index (κ1) is 21.7. The highest BCUT2D eigenvalue weighted by Gasteiger charge is 2.24. The highest BCUT2D eigenvalue weighted by atomic mass is 35.7. The largest absolute Gasteiger partial charge is 0.489 e. The number of hydrogen-bond acceptors (Lipinski definition) is 6. The summed E-state index contributed by atoms with van der Waals surface area (Å²) in [6.45, 7) is 3.94. The van der Waals surface area contributed by atoms with Crippen molar-refractivity contribution in [2.45, 2.75) is 45.6 Å². The molecular weight excluding hydrogens is 425 g/mol. The average Bonchev–Trinajstić information content (AvgIpc) is 2.92. The van der Waals surface area contributed by atoms with Crippen LogP contribution in [0, 0.1) is 10.2 Å². The number of aromatic nitrogens is 1. The van der Waals surface area contributed by atoms with Crippen molar-refractivity contribution < 1.29 is 37.6 Å². The Kier molecular flexibility index (Phi) is 7.52. The number of ether oxygens (including phenoxy) is 1. The second kappa shape index (κ2) is 9.03. The average molecular weight is 443 g/mol. The molecule has 6 nitrogen and oxygen atoms in total. The number of halogens is 3. The number of hydrogen-bond donors (Lipinski definition) is 0. The summed E-state index contributed by atoms with van der Waals surface area (Å²) in [6, 6.07) is 3.70. The summed E-state index contributed by atoms with van der Waals surface area (Å²) in [5, 5.41) is 1.26. The van der Waals surface area contributed by atoms with E-state index < -0.39 is 10.2 Å². The number of nitrogens with zero attached hydrogens (tertiary/aromatic N) is 1. The quantitative estimate of drug-likeness (QED) is 0.633. The molecule has 3 rings (SSSR count). The van der Waals surface area contributed by atoms with Gasteiger partial charge in [-0.2, -0.15) is 0 Å². The van der Waals surface area contributed by atoms with Gasteiger partial charge in [0.1, 0.15) is 22.3 Å². The number of rotatable bonds is 3. The summed E-state index contributed by atoms with van der Waals surface area (Å²) < 4.78 is 41.8. The van der Waals surface area contributed by atoms with Crippen LogP contribution in [0.3, 0.4) is 0 Å². The molecule has 1 aromatic carbocycles. The molecule has 0 radical (unpaired) electrons. The fourth-order valence-corrected chi connectivity index (χ4v) is 4.25. The van der Waals surface area contributed by atoms with Gasteiger partial charge in [-0.3, -0.25) is 0 Å². The molecule has 26 heavy (non-hydrogen) atoms. The van der Waals surface area contributed by atoms with E-state index in [9.17, 15) is 0 Å². The van der Waals surface area contributed by atoms with Crippen molar-refractivity contribution >= 4 is 34.7 Å². The third-order valence-corrected chi connectivity index (χ3v) is 5.32. The second-order valence-electron chi connectivity index (χ2n) is 5.98. The zero-order valence-corrected chi connectivity index (χ0v) is 17.3. The molecule has 0 bridgehead atoms. The zero-order valence-electron chi connectivity index (χ0n) is 14.2. The molecular formula is C16H18Cl3NO5S. The molecule has 0 spiro atoms. The minimum absolute atomic E-state index is 0.0751. The van der Waals surface area contributed by atoms with E-state index in [4.69, 9.17) is 46.6 Å². The van der Waals surface area contributed by atoms with Crippen LogP contribution in [0.5, 0.6) is 5.75 Å². The highest BCUT2D eigenvalue weighted by Crippen LogP contribution is 2.33. The predicted octanol–water partition coefficient (Wildman–Crippen LogP) is 0.242. The van der Waals surface area contributed by atoms with Crippen molar-refractivity contribution in [3.8, 4) is 11.4 Å². The minimum Gasteiger partial charge on any atom is -0.489 e. The molecule has 0 saturated heterocycles. The maximum atomic E-state index is 8.49. The molecule has 0 fully saturated rings. The van der Waals surface area contributed by atoms with Crippen LogP contribution in [0.4, 0.5) is 0 Å². The lowest BCUT2D eigenvalue weighted by atomic mass is 10.0. The van der Waals surface area contributed by atoms with Gasteiger partial charge >= 0.3 is 0 Å². The maximum Gasteiger partial charge on any atom is 0.245 e. The van der Waals surface area contributed by atoms with E-state index in [0.717, 1.165) is 5.69 Å². The van der Waals surface area contributed by atoms with E-state index in [1.54, 1.807) is 11.5 Å². The standard InChI is InChI=1S/C16H18Cl2NOS.ClHO4/c1-10(2)20-15-8-12(17)14(7-13(15)18)19-9-11-5-3-4-6-16(11)21-19;2-1(3,4)5/h7-10H,3-6H2,1-2H3;(H,2,3,4,5)/q+1;/p-1. The van der Waals surface area contributed by atoms with Gasteiger partial charge in [-0.15, -0.1) is 14.2 Å². The molecule has 1 aliphatic rings. The van der Waals surface area contributed by atoms with Gasteiger partial charge in [0.2, 0.25) is 5.69 Å². The lowest BCUT2D eigenvalue weighted by Gasteiger charge is -2.17. The van der Waals surface area contributed by atoms with Crippen molar-refractivity contribution in [3.05, 3.63) is 38.8 Å². The van der Waals surface area contributed by atoms with E-state index in [-0.39, 0.29) is 6.10 Å². The summed E-state index contributed by atoms with van der Waals surface area (Å²) in [5.74, 6) is 0.641. The van der Waals surface area contributed by atoms with E-state index >= 15 is 0 Å². The van der Waals surface area contributed by atoms with E-state index in [2.05, 4.69) is 10.2 Å². The minimum atomic E-state index is -4.94. The van der Waals surface area contributed by atoms with Crippen LogP contribution in [0.2, 0.25) is 10.0 Å². The first-order valence-electron chi connectivity index (χ1n) is 7.86. The number of fused-ring (bicyclic) bond motifs is 1. The molecule has 2 aromatic rings. The van der Waals surface area contributed by atoms with Gasteiger partial charge in [0.05, 0.1) is 16.0 Å². The Balaban J connectivity index is 0.000000431. The SMILES string of the molecule is CC(C)Oc1cc(Cl)c(-[n+]2cc3c(s2)CCCC3)cc1Cl.[O-][Cl+3]([O-])([O-])[O-]. The van der Waals surface area contributed by atoms with E-state index in [0.29, 0.717) is 15.8 Å². The van der Waals surface area contributed by atoms with Gasteiger partial charge in [0, 0.05) is 17.7 Å². The summed E-state index contributed by atoms with van der Waals surface area (Å²) in [5.41, 5.74) is 2.37. The summed E-state index contributed by atoms with van der Waals surface area (Å²) in [6.07, 6.45) is 7.17. The molecule has 1 heterocycles. The molecule has 0 N–H and O–H groups in total. The van der Waals surface area contributed by atoms with Crippen LogP contribution in [0.25, 0.3) is 5.69 Å². The predicted molar refractivity (Wildman–Crippen MR) is 88.3 cm³/mol. The Bertz CT molecular complexity index is 732. The van der Waals surface area contributed by atoms with Crippen molar-refractivity contribution in [2.24, 2.45) is 0 Å². The second-order valence-corrected chi connectivity index (χ2v) is 8.62. The Hall–Kier alpha value is -0.640. The molecule has 1 aliphatic carbocycles. The maximum absolute atomic E-state index is 8.49. The van der Waals surface area contributed by atoms with Crippen LogP contribution < -0.4 is 27.3 Å². The molecule has 0 aliphatic heterocycles. The Labute approximate surface area is 168 Å². The van der Waals surface area contributed by atoms with Gasteiger partial charge in [0.15, 0.2) is 6.20 Å². The van der Waals surface area contributed by atoms with Gasteiger partial charge < -0.3 is 4.74 Å². The Morgan fingerprint density at radius 3 is 2.27 bits per heavy atom. The van der Waals surface area contributed by atoms with Gasteiger partial charge in [0.25, 0.3) is 0 Å². The fraction of sp³-hybridized carbons (Fsp3) is 0.438. The first-order valence-corrected chi connectivity index (χ1v) is 10.6. The third kappa shape index (κ3) is 6.51. The summed E-state index contributed by atoms with van der Waals surface area (Å²) in [4.78, 5) is 1.47. The summed E-state index contributed by atoms with van der Waals surface area (Å²) >= 11 is 14.5. The van der Waals surface area contributed by atoms with Crippen LogP contribution in [-0.2, 0) is 12.8 Å². The number of aryl methyl sites for hydroxylation is 2. The van der Waals surface area contributed by atoms with E-state index in [1.807, 2.05) is 26.0 Å².